The van der Waals surface area contributed by atoms with Crippen molar-refractivity contribution in [3.63, 3.8) is 0 Å². The van der Waals surface area contributed by atoms with Gasteiger partial charge in [-0.1, -0.05) is 12.1 Å². The number of carbonyl (C=O) groups is 2. The Kier molecular flexibility index (Phi) is 6.70. The lowest BCUT2D eigenvalue weighted by atomic mass is 9.95. The number of ether oxygens (including phenoxy) is 1. The number of para-hydroxylation sites is 2. The van der Waals surface area contributed by atoms with Crippen molar-refractivity contribution < 1.29 is 19.6 Å². The monoisotopic (exact) mass is 402 g/mol. The lowest BCUT2D eigenvalue weighted by molar-refractivity contribution is -0.672. The van der Waals surface area contributed by atoms with E-state index in [0.29, 0.717) is 34.6 Å². The summed E-state index contributed by atoms with van der Waals surface area (Å²) in [4.78, 5) is 26.7. The predicted octanol–water partition coefficient (Wildman–Crippen LogP) is 2.80. The Morgan fingerprint density at radius 3 is 2.68 bits per heavy atom. The number of nitrogens with two attached hydrogens (primary N) is 1. The molecule has 1 aliphatic carbocycles. The quantitative estimate of drug-likeness (QED) is 0.666. The third kappa shape index (κ3) is 4.72. The smallest absolute Gasteiger partial charge is 0.280 e. The molecule has 0 saturated heterocycles. The van der Waals surface area contributed by atoms with Crippen molar-refractivity contribution in [2.24, 2.45) is 0 Å². The summed E-state index contributed by atoms with van der Waals surface area (Å²) in [5.41, 5.74) is 2.30. The molecule has 0 fully saturated rings. The average Bonchev–Trinajstić information content (AvgIpc) is 3.04. The second-order valence-electron chi connectivity index (χ2n) is 7.30. The minimum Gasteiger partial charge on any atom is -0.495 e. The zero-order valence-electron chi connectivity index (χ0n) is 16.6. The number of hydrogen-bond donors (Lipinski definition) is 3. The number of nitrogens with one attached hydrogen (secondary N) is 2. The molecule has 0 radical (unpaired) electrons. The first-order chi connectivity index (χ1) is 13.5. The summed E-state index contributed by atoms with van der Waals surface area (Å²) >= 11 is 1.54. The van der Waals surface area contributed by atoms with Crippen LogP contribution in [0.1, 0.15) is 47.5 Å². The second kappa shape index (κ2) is 9.21. The van der Waals surface area contributed by atoms with Crippen molar-refractivity contribution in [2.75, 3.05) is 24.3 Å². The maximum atomic E-state index is 13.2. The first-order valence-corrected chi connectivity index (χ1v) is 10.5. The van der Waals surface area contributed by atoms with E-state index in [1.54, 1.807) is 7.11 Å². The Morgan fingerprint density at radius 2 is 1.93 bits per heavy atom. The van der Waals surface area contributed by atoms with Crippen molar-refractivity contribution in [1.82, 2.24) is 0 Å². The summed E-state index contributed by atoms with van der Waals surface area (Å²) in [6.45, 7) is 4.43. The van der Waals surface area contributed by atoms with Crippen LogP contribution in [0.2, 0.25) is 0 Å². The molecule has 4 N–H and O–H groups in total. The summed E-state index contributed by atoms with van der Waals surface area (Å²) in [6, 6.07) is 7.67. The van der Waals surface area contributed by atoms with Crippen LogP contribution in [0.5, 0.6) is 5.75 Å². The summed E-state index contributed by atoms with van der Waals surface area (Å²) in [5, 5.41) is 8.56. The molecule has 6 nitrogen and oxygen atoms in total. The maximum absolute atomic E-state index is 13.2. The Bertz CT molecular complexity index is 861. The number of amides is 2. The van der Waals surface area contributed by atoms with Crippen molar-refractivity contribution in [3.05, 3.63) is 40.3 Å². The van der Waals surface area contributed by atoms with E-state index >= 15 is 0 Å². The fraction of sp³-hybridized carbons (Fsp3) is 0.429. The molecule has 0 unspecified atom stereocenters. The van der Waals surface area contributed by atoms with Gasteiger partial charge >= 0.3 is 0 Å². The maximum Gasteiger partial charge on any atom is 0.280 e. The minimum absolute atomic E-state index is 0.0846. The molecule has 28 heavy (non-hydrogen) atoms. The standard InChI is InChI=1S/C21H27N3O3S/c1-13(2)22-12-18(25)24-21-19(14-8-4-7-11-17(14)28-21)20(26)23-15-9-5-6-10-16(15)27-3/h5-6,9-10,13,22H,4,7-8,11-12H2,1-3H3,(H,23,26)(H,24,25)/p+1. The molecule has 0 atom stereocenters. The number of thiophene rings is 1. The molecule has 150 valence electrons. The van der Waals surface area contributed by atoms with Gasteiger partial charge in [0, 0.05) is 4.88 Å². The van der Waals surface area contributed by atoms with Crippen LogP contribution in [0, 0.1) is 0 Å². The first-order valence-electron chi connectivity index (χ1n) is 9.71. The third-order valence-electron chi connectivity index (χ3n) is 4.78. The molecular formula is C21H28N3O3S+. The number of benzene rings is 1. The molecule has 1 aromatic carbocycles. The van der Waals surface area contributed by atoms with E-state index in [1.165, 1.54) is 16.2 Å². The molecule has 3 rings (SSSR count). The van der Waals surface area contributed by atoms with Crippen LogP contribution in [-0.4, -0.2) is 31.5 Å². The number of carbonyl (C=O) groups excluding carboxylic acids is 2. The Morgan fingerprint density at radius 1 is 1.18 bits per heavy atom. The lowest BCUT2D eigenvalue weighted by Crippen LogP contribution is -2.90. The summed E-state index contributed by atoms with van der Waals surface area (Å²) in [5.74, 6) is 0.322. The van der Waals surface area contributed by atoms with Gasteiger partial charge < -0.3 is 20.7 Å². The van der Waals surface area contributed by atoms with E-state index < -0.39 is 0 Å². The van der Waals surface area contributed by atoms with E-state index in [2.05, 4.69) is 10.6 Å². The van der Waals surface area contributed by atoms with E-state index in [9.17, 15) is 9.59 Å². The molecule has 0 saturated carbocycles. The molecule has 1 aromatic heterocycles. The molecule has 1 heterocycles. The highest BCUT2D eigenvalue weighted by molar-refractivity contribution is 7.17. The van der Waals surface area contributed by atoms with Crippen molar-refractivity contribution in [1.29, 1.82) is 0 Å². The third-order valence-corrected chi connectivity index (χ3v) is 5.99. The van der Waals surface area contributed by atoms with E-state index in [0.717, 1.165) is 31.2 Å². The van der Waals surface area contributed by atoms with Gasteiger partial charge in [-0.2, -0.15) is 0 Å². The Labute approximate surface area is 169 Å². The van der Waals surface area contributed by atoms with Gasteiger partial charge in [0.1, 0.15) is 10.8 Å². The zero-order chi connectivity index (χ0) is 20.1. The van der Waals surface area contributed by atoms with Crippen LogP contribution >= 0.6 is 11.3 Å². The Hall–Kier alpha value is -2.38. The van der Waals surface area contributed by atoms with E-state index in [-0.39, 0.29) is 11.8 Å². The van der Waals surface area contributed by atoms with Gasteiger partial charge in [0.25, 0.3) is 11.8 Å². The molecule has 1 aliphatic rings. The number of aryl methyl sites for hydroxylation is 1. The number of hydrogen-bond acceptors (Lipinski definition) is 4. The largest absolute Gasteiger partial charge is 0.495 e. The number of rotatable bonds is 7. The van der Waals surface area contributed by atoms with Crippen LogP contribution in [0.25, 0.3) is 0 Å². The van der Waals surface area contributed by atoms with Gasteiger partial charge in [0.05, 0.1) is 24.4 Å². The highest BCUT2D eigenvalue weighted by Gasteiger charge is 2.27. The second-order valence-corrected chi connectivity index (χ2v) is 8.41. The zero-order valence-corrected chi connectivity index (χ0v) is 17.4. The molecule has 7 heteroatoms. The van der Waals surface area contributed by atoms with Gasteiger partial charge in [0.15, 0.2) is 6.54 Å². The SMILES string of the molecule is COc1ccccc1NC(=O)c1c(NC(=O)C[NH2+]C(C)C)sc2c1CCCC2. The van der Waals surface area contributed by atoms with Gasteiger partial charge in [0.2, 0.25) is 0 Å². The normalized spacial score (nSPS) is 13.1. The van der Waals surface area contributed by atoms with Crippen molar-refractivity contribution >= 4 is 33.8 Å². The van der Waals surface area contributed by atoms with Gasteiger partial charge in [-0.05, 0) is 57.2 Å². The van der Waals surface area contributed by atoms with Crippen LogP contribution in [-0.2, 0) is 17.6 Å². The number of anilines is 2. The summed E-state index contributed by atoms with van der Waals surface area (Å²) in [6.07, 6.45) is 4.01. The highest BCUT2D eigenvalue weighted by Crippen LogP contribution is 2.39. The molecule has 0 bridgehead atoms. The van der Waals surface area contributed by atoms with Crippen LogP contribution in [0.4, 0.5) is 10.7 Å². The van der Waals surface area contributed by atoms with Crippen LogP contribution in [0.15, 0.2) is 24.3 Å². The molecule has 0 spiro atoms. The van der Waals surface area contributed by atoms with Crippen molar-refractivity contribution in [2.45, 2.75) is 45.6 Å². The topological polar surface area (TPSA) is 84.0 Å². The first kappa shape index (κ1) is 20.4. The predicted molar refractivity (Wildman–Crippen MR) is 112 cm³/mol. The molecule has 2 amide bonds. The van der Waals surface area contributed by atoms with Crippen LogP contribution in [0.3, 0.4) is 0 Å². The van der Waals surface area contributed by atoms with Gasteiger partial charge in [-0.25, -0.2) is 0 Å². The minimum atomic E-state index is -0.202. The van der Waals surface area contributed by atoms with Crippen molar-refractivity contribution in [3.8, 4) is 5.75 Å². The molecule has 2 aromatic rings. The van der Waals surface area contributed by atoms with Crippen LogP contribution < -0.4 is 20.7 Å². The van der Waals surface area contributed by atoms with E-state index in [4.69, 9.17) is 4.74 Å². The summed E-state index contributed by atoms with van der Waals surface area (Å²) in [7, 11) is 1.58. The lowest BCUT2D eigenvalue weighted by Gasteiger charge is -2.14. The van der Waals surface area contributed by atoms with E-state index in [1.807, 2.05) is 43.4 Å². The fourth-order valence-electron chi connectivity index (χ4n) is 3.35. The fourth-order valence-corrected chi connectivity index (χ4v) is 4.65. The molecular weight excluding hydrogens is 374 g/mol. The molecule has 0 aliphatic heterocycles. The summed E-state index contributed by atoms with van der Waals surface area (Å²) < 4.78 is 5.34. The van der Waals surface area contributed by atoms with Gasteiger partial charge in [-0.15, -0.1) is 11.3 Å². The highest BCUT2D eigenvalue weighted by atomic mass is 32.1. The Balaban J connectivity index is 1.86. The van der Waals surface area contributed by atoms with Gasteiger partial charge in [-0.3, -0.25) is 9.59 Å². The number of methoxy groups -OCH3 is 1. The average molecular weight is 403 g/mol. The number of quaternary nitrogens is 1. The number of fused-ring (bicyclic) bond motifs is 1.